The molecule has 0 amide bonds. The van der Waals surface area contributed by atoms with Crippen LogP contribution in [0.2, 0.25) is 0 Å². The SMILES string of the molecule is CCC(=O)C1=NCC(C)S1. The molecule has 0 aromatic heterocycles. The fraction of sp³-hybridized carbons (Fsp3) is 0.714. The van der Waals surface area contributed by atoms with Crippen LogP contribution in [0.5, 0.6) is 0 Å². The molecule has 0 N–H and O–H groups in total. The number of hydrogen-bond acceptors (Lipinski definition) is 3. The van der Waals surface area contributed by atoms with E-state index in [1.165, 1.54) is 0 Å². The number of thioether (sulfide) groups is 1. The maximum absolute atomic E-state index is 11.0. The third-order valence-corrected chi connectivity index (χ3v) is 2.50. The van der Waals surface area contributed by atoms with Gasteiger partial charge in [0, 0.05) is 11.7 Å². The molecular formula is C7H11NOS. The fourth-order valence-electron chi connectivity index (χ4n) is 0.782. The van der Waals surface area contributed by atoms with Crippen molar-refractivity contribution in [1.29, 1.82) is 0 Å². The lowest BCUT2D eigenvalue weighted by Gasteiger charge is -1.96. The fourth-order valence-corrected chi connectivity index (χ4v) is 1.74. The largest absolute Gasteiger partial charge is 0.292 e. The molecule has 1 rings (SSSR count). The standard InChI is InChI=1S/C7H11NOS/c1-3-6(9)7-8-4-5(2)10-7/h5H,3-4H2,1-2H3. The second-order valence-electron chi connectivity index (χ2n) is 2.35. The highest BCUT2D eigenvalue weighted by atomic mass is 32.2. The summed E-state index contributed by atoms with van der Waals surface area (Å²) in [6.07, 6.45) is 0.582. The predicted octanol–water partition coefficient (Wildman–Crippen LogP) is 1.50. The minimum absolute atomic E-state index is 0.189. The Morgan fingerprint density at radius 2 is 2.60 bits per heavy atom. The van der Waals surface area contributed by atoms with E-state index in [0.717, 1.165) is 11.6 Å². The zero-order valence-corrected chi connectivity index (χ0v) is 7.07. The summed E-state index contributed by atoms with van der Waals surface area (Å²) >= 11 is 1.60. The Labute approximate surface area is 65.1 Å². The normalized spacial score (nSPS) is 24.6. The van der Waals surface area contributed by atoms with Gasteiger partial charge in [0.1, 0.15) is 5.04 Å². The van der Waals surface area contributed by atoms with Crippen molar-refractivity contribution < 1.29 is 4.79 Å². The maximum atomic E-state index is 11.0. The molecule has 1 heterocycles. The van der Waals surface area contributed by atoms with Crippen LogP contribution in [0.4, 0.5) is 0 Å². The van der Waals surface area contributed by atoms with Crippen molar-refractivity contribution in [1.82, 2.24) is 0 Å². The van der Waals surface area contributed by atoms with Crippen LogP contribution in [-0.4, -0.2) is 22.6 Å². The van der Waals surface area contributed by atoms with Crippen molar-refractivity contribution in [2.45, 2.75) is 25.5 Å². The molecule has 0 aliphatic carbocycles. The minimum Gasteiger partial charge on any atom is -0.292 e. The average molecular weight is 157 g/mol. The highest BCUT2D eigenvalue weighted by molar-refractivity contribution is 8.16. The van der Waals surface area contributed by atoms with Crippen molar-refractivity contribution in [3.05, 3.63) is 0 Å². The molecule has 0 saturated heterocycles. The van der Waals surface area contributed by atoms with Crippen LogP contribution in [0.15, 0.2) is 4.99 Å². The molecule has 1 aliphatic rings. The van der Waals surface area contributed by atoms with Gasteiger partial charge in [-0.15, -0.1) is 0 Å². The summed E-state index contributed by atoms with van der Waals surface area (Å²) in [6, 6.07) is 0. The van der Waals surface area contributed by atoms with E-state index in [0.29, 0.717) is 11.7 Å². The number of rotatable bonds is 2. The lowest BCUT2D eigenvalue weighted by Crippen LogP contribution is -2.06. The van der Waals surface area contributed by atoms with Crippen LogP contribution in [0.1, 0.15) is 20.3 Å². The number of nitrogens with zero attached hydrogens (tertiary/aromatic N) is 1. The summed E-state index contributed by atoms with van der Waals surface area (Å²) < 4.78 is 0. The van der Waals surface area contributed by atoms with Gasteiger partial charge in [-0.25, -0.2) is 0 Å². The van der Waals surface area contributed by atoms with Crippen LogP contribution in [0, 0.1) is 0 Å². The Morgan fingerprint density at radius 3 is 3.00 bits per heavy atom. The smallest absolute Gasteiger partial charge is 0.186 e. The number of aliphatic imine (C=N–C) groups is 1. The summed E-state index contributed by atoms with van der Waals surface area (Å²) in [5.41, 5.74) is 0. The predicted molar refractivity (Wildman–Crippen MR) is 44.7 cm³/mol. The van der Waals surface area contributed by atoms with Gasteiger partial charge < -0.3 is 0 Å². The van der Waals surface area contributed by atoms with Crippen LogP contribution in [-0.2, 0) is 4.79 Å². The molecule has 10 heavy (non-hydrogen) atoms. The van der Waals surface area contributed by atoms with E-state index in [2.05, 4.69) is 11.9 Å². The monoisotopic (exact) mass is 157 g/mol. The van der Waals surface area contributed by atoms with Crippen molar-refractivity contribution in [3.8, 4) is 0 Å². The van der Waals surface area contributed by atoms with Crippen molar-refractivity contribution in [2.75, 3.05) is 6.54 Å². The summed E-state index contributed by atoms with van der Waals surface area (Å²) in [7, 11) is 0. The van der Waals surface area contributed by atoms with Gasteiger partial charge in [-0.05, 0) is 0 Å². The van der Waals surface area contributed by atoms with Gasteiger partial charge in [-0.3, -0.25) is 9.79 Å². The molecule has 0 bridgehead atoms. The van der Waals surface area contributed by atoms with E-state index >= 15 is 0 Å². The van der Waals surface area contributed by atoms with Gasteiger partial charge in [-0.2, -0.15) is 0 Å². The second-order valence-corrected chi connectivity index (χ2v) is 3.78. The first-order chi connectivity index (χ1) is 4.74. The molecule has 1 atom stereocenters. The van der Waals surface area contributed by atoms with E-state index in [4.69, 9.17) is 0 Å². The summed E-state index contributed by atoms with van der Waals surface area (Å²) in [5.74, 6) is 0.189. The van der Waals surface area contributed by atoms with E-state index in [1.54, 1.807) is 11.8 Å². The van der Waals surface area contributed by atoms with Crippen molar-refractivity contribution >= 4 is 22.6 Å². The van der Waals surface area contributed by atoms with Gasteiger partial charge in [0.25, 0.3) is 0 Å². The molecular weight excluding hydrogens is 146 g/mol. The van der Waals surface area contributed by atoms with Gasteiger partial charge in [0.05, 0.1) is 6.54 Å². The number of hydrogen-bond donors (Lipinski definition) is 0. The molecule has 0 aromatic carbocycles. The molecule has 1 aliphatic heterocycles. The molecule has 0 radical (unpaired) electrons. The molecule has 0 saturated carbocycles. The van der Waals surface area contributed by atoms with Crippen LogP contribution in [0.25, 0.3) is 0 Å². The molecule has 0 aromatic rings. The third kappa shape index (κ3) is 1.59. The van der Waals surface area contributed by atoms with E-state index in [-0.39, 0.29) is 5.78 Å². The van der Waals surface area contributed by atoms with Crippen LogP contribution in [0.3, 0.4) is 0 Å². The van der Waals surface area contributed by atoms with Crippen molar-refractivity contribution in [3.63, 3.8) is 0 Å². The third-order valence-electron chi connectivity index (χ3n) is 1.36. The van der Waals surface area contributed by atoms with E-state index in [1.807, 2.05) is 6.92 Å². The molecule has 56 valence electrons. The first-order valence-corrected chi connectivity index (χ1v) is 4.36. The zero-order valence-electron chi connectivity index (χ0n) is 6.26. The number of ketones is 1. The first-order valence-electron chi connectivity index (χ1n) is 3.48. The van der Waals surface area contributed by atoms with Gasteiger partial charge in [0.2, 0.25) is 0 Å². The Hall–Kier alpha value is -0.310. The highest BCUT2D eigenvalue weighted by Gasteiger charge is 2.19. The van der Waals surface area contributed by atoms with Crippen molar-refractivity contribution in [2.24, 2.45) is 4.99 Å². The maximum Gasteiger partial charge on any atom is 0.186 e. The van der Waals surface area contributed by atoms with Crippen LogP contribution >= 0.6 is 11.8 Å². The zero-order chi connectivity index (χ0) is 7.56. The number of carbonyl (C=O) groups excluding carboxylic acids is 1. The van der Waals surface area contributed by atoms with E-state index in [9.17, 15) is 4.79 Å². The lowest BCUT2D eigenvalue weighted by molar-refractivity contribution is -0.112. The topological polar surface area (TPSA) is 29.4 Å². The van der Waals surface area contributed by atoms with Gasteiger partial charge in [-0.1, -0.05) is 25.6 Å². The quantitative estimate of drug-likeness (QED) is 0.608. The summed E-state index contributed by atoms with van der Waals surface area (Å²) in [4.78, 5) is 15.1. The molecule has 3 heteroatoms. The number of Topliss-reactive ketones (excluding diaryl/α,β-unsaturated/α-hetero) is 1. The summed E-state index contributed by atoms with van der Waals surface area (Å²) in [6.45, 7) is 4.77. The second kappa shape index (κ2) is 3.19. The molecule has 0 spiro atoms. The lowest BCUT2D eigenvalue weighted by atomic mass is 10.3. The van der Waals surface area contributed by atoms with E-state index < -0.39 is 0 Å². The average Bonchev–Trinajstić information content (AvgIpc) is 2.34. The Kier molecular flexibility index (Phi) is 2.49. The van der Waals surface area contributed by atoms with Gasteiger partial charge >= 0.3 is 0 Å². The molecule has 0 fully saturated rings. The highest BCUT2D eigenvalue weighted by Crippen LogP contribution is 2.21. The summed E-state index contributed by atoms with van der Waals surface area (Å²) in [5, 5.41) is 1.24. The Bertz CT molecular complexity index is 176. The molecule has 1 unspecified atom stereocenters. The van der Waals surface area contributed by atoms with Crippen LogP contribution < -0.4 is 0 Å². The number of carbonyl (C=O) groups is 1. The molecule has 2 nitrogen and oxygen atoms in total. The van der Waals surface area contributed by atoms with Gasteiger partial charge in [0.15, 0.2) is 5.78 Å². The first kappa shape index (κ1) is 7.79. The Balaban J connectivity index is 2.51. The minimum atomic E-state index is 0.189. The Morgan fingerprint density at radius 1 is 1.90 bits per heavy atom.